The third-order valence-corrected chi connectivity index (χ3v) is 10.7. The number of nitrogens with one attached hydrogen (secondary N) is 1. The van der Waals surface area contributed by atoms with Crippen molar-refractivity contribution in [3.8, 4) is 11.1 Å². The Kier molecular flexibility index (Phi) is 18.4. The normalized spacial score (nSPS) is 11.6. The molecule has 2 aromatic heterocycles. The standard InChI is InChI=1S/C33H56N3O4Si/c1-5-6-7-8-11-15-24-35-26-19-31(20-27-35)32-21-28-36(29-22-32)25-16-12-9-10-13-18-33(37)34-23-14-17-30-41(38-2,39-3)40-4/h19-22,26-29H,5-18,23-25,30H2,1-4H3/q+1/p+1. The van der Waals surface area contributed by atoms with Crippen molar-refractivity contribution < 1.29 is 27.2 Å². The van der Waals surface area contributed by atoms with Gasteiger partial charge in [-0.05, 0) is 43.2 Å². The fourth-order valence-corrected chi connectivity index (χ4v) is 6.92. The van der Waals surface area contributed by atoms with Crippen molar-refractivity contribution in [1.82, 2.24) is 5.32 Å². The fraction of sp³-hybridized carbons (Fsp3) is 0.667. The van der Waals surface area contributed by atoms with Crippen LogP contribution in [0.1, 0.15) is 96.8 Å². The molecule has 1 amide bonds. The van der Waals surface area contributed by atoms with Gasteiger partial charge in [0.25, 0.3) is 0 Å². The molecular weight excluding hydrogens is 530 g/mol. The van der Waals surface area contributed by atoms with Gasteiger partial charge in [-0.2, -0.15) is 0 Å². The molecule has 2 heterocycles. The topological polar surface area (TPSA) is 64.6 Å². The summed E-state index contributed by atoms with van der Waals surface area (Å²) in [5, 5.41) is 3.03. The zero-order valence-electron chi connectivity index (χ0n) is 26.4. The third kappa shape index (κ3) is 14.5. The summed E-state index contributed by atoms with van der Waals surface area (Å²) in [7, 11) is 2.40. The van der Waals surface area contributed by atoms with Crippen LogP contribution in [0, 0.1) is 0 Å². The first-order valence-corrected chi connectivity index (χ1v) is 17.9. The third-order valence-electron chi connectivity index (χ3n) is 7.87. The van der Waals surface area contributed by atoms with Crippen LogP contribution in [0.3, 0.4) is 0 Å². The molecule has 0 aliphatic rings. The molecule has 0 aliphatic heterocycles. The summed E-state index contributed by atoms with van der Waals surface area (Å²) >= 11 is 0. The number of unbranched alkanes of at least 4 members (excludes halogenated alkanes) is 10. The molecule has 0 saturated carbocycles. The van der Waals surface area contributed by atoms with Crippen LogP contribution in [0.4, 0.5) is 0 Å². The van der Waals surface area contributed by atoms with Gasteiger partial charge in [-0.3, -0.25) is 4.79 Å². The largest absolute Gasteiger partial charge is 0.500 e. The molecule has 0 saturated heterocycles. The molecule has 2 aromatic rings. The van der Waals surface area contributed by atoms with Gasteiger partial charge in [-0.25, -0.2) is 9.13 Å². The predicted octanol–water partition coefficient (Wildman–Crippen LogP) is 6.40. The Hall–Kier alpha value is -2.13. The summed E-state index contributed by atoms with van der Waals surface area (Å²) in [4.78, 5) is 12.1. The Labute approximate surface area is 251 Å². The summed E-state index contributed by atoms with van der Waals surface area (Å²) in [6.07, 6.45) is 24.8. The second-order valence-electron chi connectivity index (χ2n) is 11.0. The van der Waals surface area contributed by atoms with E-state index >= 15 is 0 Å². The Morgan fingerprint density at radius 2 is 1.12 bits per heavy atom. The van der Waals surface area contributed by atoms with Crippen molar-refractivity contribution in [2.75, 3.05) is 27.9 Å². The second-order valence-corrected chi connectivity index (χ2v) is 14.1. The highest BCUT2D eigenvalue weighted by Crippen LogP contribution is 2.17. The summed E-state index contributed by atoms with van der Waals surface area (Å²) in [6.45, 7) is 5.11. The quantitative estimate of drug-likeness (QED) is 0.0877. The number of pyridine rings is 2. The smallest absolute Gasteiger partial charge is 0.377 e. The van der Waals surface area contributed by atoms with Crippen LogP contribution in [0.25, 0.3) is 11.1 Å². The van der Waals surface area contributed by atoms with Crippen LogP contribution in [0.15, 0.2) is 49.1 Å². The maximum atomic E-state index is 12.1. The lowest BCUT2D eigenvalue weighted by Crippen LogP contribution is -2.42. The fourth-order valence-electron chi connectivity index (χ4n) is 5.12. The van der Waals surface area contributed by atoms with E-state index in [1.54, 1.807) is 21.3 Å². The highest BCUT2D eigenvalue weighted by molar-refractivity contribution is 6.60. The number of aryl methyl sites for hydroxylation is 2. The summed E-state index contributed by atoms with van der Waals surface area (Å²) in [5.41, 5.74) is 2.54. The van der Waals surface area contributed by atoms with Crippen molar-refractivity contribution >= 4 is 14.7 Å². The minimum Gasteiger partial charge on any atom is -0.377 e. The van der Waals surface area contributed by atoms with Crippen LogP contribution in [-0.4, -0.2) is 42.6 Å². The van der Waals surface area contributed by atoms with E-state index in [2.05, 4.69) is 70.4 Å². The summed E-state index contributed by atoms with van der Waals surface area (Å²) in [6, 6.07) is 9.67. The van der Waals surface area contributed by atoms with Crippen LogP contribution in [0.2, 0.25) is 6.04 Å². The van der Waals surface area contributed by atoms with E-state index in [1.165, 1.54) is 62.5 Å². The highest BCUT2D eigenvalue weighted by atomic mass is 28.4. The van der Waals surface area contributed by atoms with Crippen molar-refractivity contribution in [2.24, 2.45) is 0 Å². The number of nitrogens with zero attached hydrogens (tertiary/aromatic N) is 2. The Balaban J connectivity index is 1.51. The van der Waals surface area contributed by atoms with Crippen molar-refractivity contribution in [1.29, 1.82) is 0 Å². The molecule has 1 N–H and O–H groups in total. The van der Waals surface area contributed by atoms with Gasteiger partial charge >= 0.3 is 8.80 Å². The Bertz CT molecular complexity index is 928. The van der Waals surface area contributed by atoms with Crippen molar-refractivity contribution in [2.45, 2.75) is 116 Å². The summed E-state index contributed by atoms with van der Waals surface area (Å²) < 4.78 is 20.9. The van der Waals surface area contributed by atoms with E-state index in [0.717, 1.165) is 51.2 Å². The molecule has 41 heavy (non-hydrogen) atoms. The average molecular weight is 588 g/mol. The number of hydrogen-bond donors (Lipinski definition) is 1. The van der Waals surface area contributed by atoms with Crippen LogP contribution < -0.4 is 14.5 Å². The van der Waals surface area contributed by atoms with E-state index in [4.69, 9.17) is 13.3 Å². The van der Waals surface area contributed by atoms with E-state index in [1.807, 2.05) is 0 Å². The van der Waals surface area contributed by atoms with Crippen LogP contribution in [-0.2, 0) is 31.2 Å². The molecule has 0 aromatic carbocycles. The number of rotatable bonds is 24. The molecular formula is C33H57N3O4Si+2. The first kappa shape index (κ1) is 35.1. The van der Waals surface area contributed by atoms with Crippen molar-refractivity contribution in [3.63, 3.8) is 0 Å². The number of carbonyl (C=O) groups excluding carboxylic acids is 1. The lowest BCUT2D eigenvalue weighted by molar-refractivity contribution is -0.697. The average Bonchev–Trinajstić information content (AvgIpc) is 3.01. The lowest BCUT2D eigenvalue weighted by atomic mass is 10.1. The van der Waals surface area contributed by atoms with E-state index in [0.29, 0.717) is 13.0 Å². The number of aromatic nitrogens is 2. The van der Waals surface area contributed by atoms with Gasteiger partial charge in [-0.15, -0.1) is 0 Å². The lowest BCUT2D eigenvalue weighted by Gasteiger charge is -2.24. The number of hydrogen-bond acceptors (Lipinski definition) is 4. The SMILES string of the molecule is CCCCCCCC[n+]1ccc(-c2cc[n+](CCCCCCCC(=O)NCCCC[Si](OC)(OC)OC)cc2)cc1. The first-order valence-electron chi connectivity index (χ1n) is 16.0. The molecule has 2 rings (SSSR count). The molecule has 7 nitrogen and oxygen atoms in total. The Morgan fingerprint density at radius 3 is 1.61 bits per heavy atom. The zero-order chi connectivity index (χ0) is 29.6. The van der Waals surface area contributed by atoms with E-state index < -0.39 is 8.80 Å². The molecule has 0 radical (unpaired) electrons. The van der Waals surface area contributed by atoms with E-state index in [-0.39, 0.29) is 5.91 Å². The van der Waals surface area contributed by atoms with Crippen molar-refractivity contribution in [3.05, 3.63) is 49.1 Å². The van der Waals surface area contributed by atoms with Gasteiger partial charge in [0.05, 0.1) is 0 Å². The first-order chi connectivity index (χ1) is 20.1. The second kappa shape index (κ2) is 21.6. The molecule has 0 aliphatic carbocycles. The maximum Gasteiger partial charge on any atom is 0.500 e. The van der Waals surface area contributed by atoms with Crippen LogP contribution >= 0.6 is 0 Å². The van der Waals surface area contributed by atoms with Gasteiger partial charge in [0.2, 0.25) is 5.91 Å². The van der Waals surface area contributed by atoms with Gasteiger partial charge in [-0.1, -0.05) is 45.4 Å². The minimum absolute atomic E-state index is 0.153. The molecule has 8 heteroatoms. The van der Waals surface area contributed by atoms with Crippen LogP contribution in [0.5, 0.6) is 0 Å². The molecule has 0 unspecified atom stereocenters. The van der Waals surface area contributed by atoms with Gasteiger partial charge in [0, 0.05) is 77.4 Å². The highest BCUT2D eigenvalue weighted by Gasteiger charge is 2.36. The Morgan fingerprint density at radius 1 is 0.659 bits per heavy atom. The molecule has 0 bridgehead atoms. The minimum atomic E-state index is -2.49. The zero-order valence-corrected chi connectivity index (χ0v) is 27.4. The van der Waals surface area contributed by atoms with Gasteiger partial charge in [0.15, 0.2) is 24.8 Å². The number of amides is 1. The summed E-state index contributed by atoms with van der Waals surface area (Å²) in [5.74, 6) is 0.153. The van der Waals surface area contributed by atoms with Gasteiger partial charge < -0.3 is 18.6 Å². The van der Waals surface area contributed by atoms with E-state index in [9.17, 15) is 4.79 Å². The number of carbonyl (C=O) groups is 1. The monoisotopic (exact) mass is 587 g/mol. The molecule has 0 fully saturated rings. The maximum absolute atomic E-state index is 12.1. The molecule has 230 valence electrons. The predicted molar refractivity (Wildman–Crippen MR) is 167 cm³/mol. The molecule has 0 atom stereocenters. The molecule has 0 spiro atoms. The van der Waals surface area contributed by atoms with Gasteiger partial charge in [0.1, 0.15) is 13.1 Å².